The summed E-state index contributed by atoms with van der Waals surface area (Å²) in [6, 6.07) is 0. The molecule has 0 fully saturated rings. The molecule has 0 aromatic carbocycles. The summed E-state index contributed by atoms with van der Waals surface area (Å²) in [5, 5.41) is 0. The third-order valence-electron chi connectivity index (χ3n) is 1.31. The lowest BCUT2D eigenvalue weighted by Crippen LogP contribution is -2.49. The van der Waals surface area contributed by atoms with E-state index in [1.54, 1.807) is 13.7 Å². The van der Waals surface area contributed by atoms with Crippen LogP contribution in [0.4, 0.5) is 0 Å². The zero-order valence-corrected chi connectivity index (χ0v) is 9.67. The van der Waals surface area contributed by atoms with Gasteiger partial charge in [0, 0.05) is 20.8 Å². The molecule has 0 aliphatic heterocycles. The first kappa shape index (κ1) is 11.3. The van der Waals surface area contributed by atoms with Crippen LogP contribution in [-0.2, 0) is 13.0 Å². The highest BCUT2D eigenvalue weighted by atomic mass is 28.5. The van der Waals surface area contributed by atoms with Crippen LogP contribution in [-0.4, -0.2) is 36.4 Å². The molecule has 1 atom stereocenters. The van der Waals surface area contributed by atoms with Gasteiger partial charge in [-0.1, -0.05) is 0 Å². The van der Waals surface area contributed by atoms with Crippen molar-refractivity contribution in [2.45, 2.75) is 19.6 Å². The first-order chi connectivity index (χ1) is 4.83. The van der Waals surface area contributed by atoms with Crippen molar-refractivity contribution in [1.29, 1.82) is 0 Å². The lowest BCUT2D eigenvalue weighted by molar-refractivity contribution is 0.173. The molecule has 68 valence electrons. The summed E-state index contributed by atoms with van der Waals surface area (Å²) in [7, 11) is -2.03. The molecular weight excluding hydrogens is 180 g/mol. The Kier molecular flexibility index (Phi) is 3.88. The monoisotopic (exact) mass is 196 g/mol. The van der Waals surface area contributed by atoms with Crippen molar-refractivity contribution in [2.75, 3.05) is 14.2 Å². The molecule has 1 N–H and O–H groups in total. The molecular formula is C5H16O4Si2. The van der Waals surface area contributed by atoms with Crippen molar-refractivity contribution >= 4 is 17.4 Å². The van der Waals surface area contributed by atoms with Crippen LogP contribution >= 0.6 is 0 Å². The van der Waals surface area contributed by atoms with E-state index in [9.17, 15) is 4.80 Å². The van der Waals surface area contributed by atoms with Crippen LogP contribution in [0.1, 0.15) is 0 Å². The second-order valence-corrected chi connectivity index (χ2v) is 9.04. The van der Waals surface area contributed by atoms with E-state index in [1.807, 2.05) is 13.1 Å². The molecule has 0 saturated carbocycles. The van der Waals surface area contributed by atoms with Crippen LogP contribution in [0.3, 0.4) is 0 Å². The van der Waals surface area contributed by atoms with Gasteiger partial charge in [-0.25, -0.2) is 0 Å². The highest BCUT2D eigenvalue weighted by molar-refractivity contribution is 6.75. The topological polar surface area (TPSA) is 47.9 Å². The molecule has 0 amide bonds. The Labute approximate surface area is 69.7 Å². The van der Waals surface area contributed by atoms with Crippen molar-refractivity contribution in [3.05, 3.63) is 0 Å². The van der Waals surface area contributed by atoms with Crippen molar-refractivity contribution < 1.29 is 17.8 Å². The van der Waals surface area contributed by atoms with E-state index in [0.717, 1.165) is 0 Å². The average molecular weight is 196 g/mol. The second-order valence-electron chi connectivity index (χ2n) is 2.81. The first-order valence-electron chi connectivity index (χ1n) is 3.36. The van der Waals surface area contributed by atoms with Gasteiger partial charge in [-0.15, -0.1) is 0 Å². The minimum Gasteiger partial charge on any atom is -0.398 e. The van der Waals surface area contributed by atoms with Gasteiger partial charge < -0.3 is 17.8 Å². The van der Waals surface area contributed by atoms with Crippen molar-refractivity contribution in [1.82, 2.24) is 0 Å². The van der Waals surface area contributed by atoms with Crippen molar-refractivity contribution in [3.63, 3.8) is 0 Å². The van der Waals surface area contributed by atoms with E-state index in [0.29, 0.717) is 0 Å². The summed E-state index contributed by atoms with van der Waals surface area (Å²) in [6.45, 7) is 5.28. The molecule has 0 bridgehead atoms. The Hall–Kier alpha value is 0.274. The number of rotatable bonds is 4. The smallest absolute Gasteiger partial charge is 0.398 e. The van der Waals surface area contributed by atoms with Crippen molar-refractivity contribution in [2.24, 2.45) is 0 Å². The molecule has 6 heteroatoms. The van der Waals surface area contributed by atoms with Gasteiger partial charge in [0.05, 0.1) is 0 Å². The summed E-state index contributed by atoms with van der Waals surface area (Å²) in [5.41, 5.74) is 0. The lowest BCUT2D eigenvalue weighted by Gasteiger charge is -2.27. The summed E-state index contributed by atoms with van der Waals surface area (Å²) >= 11 is 0. The zero-order chi connectivity index (χ0) is 9.12. The minimum absolute atomic E-state index is 1.44. The van der Waals surface area contributed by atoms with Crippen LogP contribution in [0, 0.1) is 0 Å². The molecule has 1 unspecified atom stereocenters. The van der Waals surface area contributed by atoms with E-state index < -0.39 is 17.4 Å². The van der Waals surface area contributed by atoms with Gasteiger partial charge in [-0.2, -0.15) is 0 Å². The predicted octanol–water partition coefficient (Wildman–Crippen LogP) is 0.559. The van der Waals surface area contributed by atoms with Crippen LogP contribution in [0.5, 0.6) is 0 Å². The van der Waals surface area contributed by atoms with Crippen LogP contribution in [0.2, 0.25) is 19.6 Å². The molecule has 11 heavy (non-hydrogen) atoms. The van der Waals surface area contributed by atoms with Gasteiger partial charge >= 0.3 is 17.4 Å². The average Bonchev–Trinajstić information content (AvgIpc) is 1.86. The molecule has 0 saturated heterocycles. The van der Waals surface area contributed by atoms with Gasteiger partial charge in [0.25, 0.3) is 0 Å². The maximum absolute atomic E-state index is 9.44. The molecule has 4 nitrogen and oxygen atoms in total. The SMILES string of the molecule is CO[Si](C)(C)O[Si](C)(O)OC. The molecule has 0 aliphatic rings. The number of hydrogen-bond donors (Lipinski definition) is 1. The highest BCUT2D eigenvalue weighted by Gasteiger charge is 2.38. The fraction of sp³-hybridized carbons (Fsp3) is 1.00. The summed E-state index contributed by atoms with van der Waals surface area (Å²) in [5.74, 6) is 0. The van der Waals surface area contributed by atoms with E-state index in [-0.39, 0.29) is 0 Å². The largest absolute Gasteiger partial charge is 0.485 e. The van der Waals surface area contributed by atoms with Gasteiger partial charge in [-0.05, 0) is 13.1 Å². The fourth-order valence-corrected chi connectivity index (χ4v) is 4.85. The van der Waals surface area contributed by atoms with Gasteiger partial charge in [0.15, 0.2) is 0 Å². The molecule has 0 aromatic rings. The number of hydrogen-bond acceptors (Lipinski definition) is 4. The molecule has 0 rings (SSSR count). The normalized spacial score (nSPS) is 18.0. The molecule has 0 aromatic heterocycles. The quantitative estimate of drug-likeness (QED) is 0.667. The molecule has 0 radical (unpaired) electrons. The molecule has 0 aliphatic carbocycles. The Morgan fingerprint density at radius 2 is 1.45 bits per heavy atom. The van der Waals surface area contributed by atoms with E-state index in [4.69, 9.17) is 13.0 Å². The Balaban J connectivity index is 4.02. The standard InChI is InChI=1S/C5H16O4Si2/c1-7-10(3,4)9-11(5,6)8-2/h6H,1-5H3. The van der Waals surface area contributed by atoms with Gasteiger partial charge in [0.1, 0.15) is 0 Å². The Morgan fingerprint density at radius 1 is 1.00 bits per heavy atom. The van der Waals surface area contributed by atoms with Crippen LogP contribution < -0.4 is 0 Å². The predicted molar refractivity (Wildman–Crippen MR) is 46.4 cm³/mol. The summed E-state index contributed by atoms with van der Waals surface area (Å²) in [4.78, 5) is 9.44. The highest BCUT2D eigenvalue weighted by Crippen LogP contribution is 2.12. The van der Waals surface area contributed by atoms with Gasteiger partial charge in [0.2, 0.25) is 0 Å². The maximum Gasteiger partial charge on any atom is 0.485 e. The van der Waals surface area contributed by atoms with Crippen molar-refractivity contribution in [3.8, 4) is 0 Å². The third-order valence-corrected chi connectivity index (χ3v) is 6.53. The fourth-order valence-electron chi connectivity index (χ4n) is 0.539. The zero-order valence-electron chi connectivity index (χ0n) is 7.67. The first-order valence-corrected chi connectivity index (χ1v) is 8.44. The van der Waals surface area contributed by atoms with Crippen LogP contribution in [0.15, 0.2) is 0 Å². The van der Waals surface area contributed by atoms with E-state index in [2.05, 4.69) is 0 Å². The van der Waals surface area contributed by atoms with Gasteiger partial charge in [-0.3, -0.25) is 0 Å². The molecule has 0 spiro atoms. The summed E-state index contributed by atoms with van der Waals surface area (Å²) in [6.07, 6.45) is 0. The Morgan fingerprint density at radius 3 is 1.73 bits per heavy atom. The van der Waals surface area contributed by atoms with Crippen LogP contribution in [0.25, 0.3) is 0 Å². The van der Waals surface area contributed by atoms with E-state index >= 15 is 0 Å². The third kappa shape index (κ3) is 4.67. The maximum atomic E-state index is 9.44. The Bertz CT molecular complexity index is 112. The minimum atomic E-state index is -2.90. The lowest BCUT2D eigenvalue weighted by atomic mass is 11.8. The van der Waals surface area contributed by atoms with E-state index in [1.165, 1.54) is 7.11 Å². The summed E-state index contributed by atoms with van der Waals surface area (Å²) < 4.78 is 15.2. The molecule has 0 heterocycles. The second kappa shape index (κ2) is 3.79.